The van der Waals surface area contributed by atoms with Gasteiger partial charge in [0.25, 0.3) is 0 Å². The van der Waals surface area contributed by atoms with Crippen molar-refractivity contribution >= 4 is 80.8 Å². The van der Waals surface area contributed by atoms with Crippen LogP contribution in [-0.4, -0.2) is 24.6 Å². The van der Waals surface area contributed by atoms with E-state index < -0.39 is 5.97 Å². The molecule has 0 aliphatic rings. The fourth-order valence-electron chi connectivity index (χ4n) is 1.53. The second kappa shape index (κ2) is 11.6. The van der Waals surface area contributed by atoms with E-state index in [1.807, 2.05) is 0 Å². The Morgan fingerprint density at radius 3 is 1.88 bits per heavy atom. The summed E-state index contributed by atoms with van der Waals surface area (Å²) in [5.74, 6) is -1.09. The normalized spacial score (nSPS) is 9.16. The number of aromatic carboxylic acids is 1. The molecule has 0 saturated heterocycles. The molecular formula is C15H16BBr2Cl2N2O3. The van der Waals surface area contributed by atoms with Crippen LogP contribution in [0.4, 0.5) is 11.4 Å². The number of halogens is 4. The molecule has 0 spiro atoms. The van der Waals surface area contributed by atoms with Gasteiger partial charge in [-0.25, -0.2) is 4.79 Å². The summed E-state index contributed by atoms with van der Waals surface area (Å²) in [7, 11) is 0. The van der Waals surface area contributed by atoms with Gasteiger partial charge in [0.15, 0.2) is 0 Å². The fourth-order valence-corrected chi connectivity index (χ4v) is 3.22. The van der Waals surface area contributed by atoms with Crippen LogP contribution in [0, 0.1) is 0 Å². The lowest BCUT2D eigenvalue weighted by molar-refractivity contribution is 0.0698. The first kappa shape index (κ1) is 26.3. The van der Waals surface area contributed by atoms with Crippen LogP contribution < -0.4 is 11.5 Å². The number of carboxylic acid groups (broad SMARTS) is 1. The molecule has 5 nitrogen and oxygen atoms in total. The van der Waals surface area contributed by atoms with Crippen molar-refractivity contribution in [2.45, 2.75) is 14.0 Å². The molecule has 6 N–H and O–H groups in total. The first-order valence-electron chi connectivity index (χ1n) is 5.99. The van der Waals surface area contributed by atoms with Gasteiger partial charge in [0.1, 0.15) is 0 Å². The first-order valence-corrected chi connectivity index (χ1v) is 8.33. The number of carboxylic acids is 1. The summed E-state index contributed by atoms with van der Waals surface area (Å²) in [4.78, 5) is 10.6. The molecule has 10 heteroatoms. The lowest BCUT2D eigenvalue weighted by Gasteiger charge is -2.04. The van der Waals surface area contributed by atoms with Crippen molar-refractivity contribution in [3.05, 3.63) is 54.4 Å². The molecule has 0 aliphatic heterocycles. The first-order chi connectivity index (χ1) is 10.7. The number of nitrogen functional groups attached to an aromatic ring is 2. The molecule has 2 aromatic rings. The third kappa shape index (κ3) is 7.46. The molecule has 2 aromatic carbocycles. The van der Waals surface area contributed by atoms with Gasteiger partial charge < -0.3 is 21.7 Å². The van der Waals surface area contributed by atoms with Crippen LogP contribution >= 0.6 is 55.1 Å². The largest absolute Gasteiger partial charge is 0.478 e. The molecular weight excluding hydrogens is 498 g/mol. The van der Waals surface area contributed by atoms with E-state index in [1.165, 1.54) is 6.07 Å². The predicted octanol–water partition coefficient (Wildman–Crippen LogP) is 4.82. The molecule has 0 saturated carbocycles. The van der Waals surface area contributed by atoms with Crippen LogP contribution in [0.1, 0.15) is 23.3 Å². The summed E-state index contributed by atoms with van der Waals surface area (Å²) < 4.78 is 1.42. The van der Waals surface area contributed by atoms with E-state index in [1.54, 1.807) is 18.2 Å². The highest BCUT2D eigenvalue weighted by molar-refractivity contribution is 9.10. The minimum absolute atomic E-state index is 0. The lowest BCUT2D eigenvalue weighted by Crippen LogP contribution is -2.02. The maximum atomic E-state index is 10.6. The van der Waals surface area contributed by atoms with Gasteiger partial charge in [-0.2, -0.15) is 0 Å². The Balaban J connectivity index is 0. The van der Waals surface area contributed by atoms with Gasteiger partial charge in [-0.1, -0.05) is 62.5 Å². The van der Waals surface area contributed by atoms with Crippen LogP contribution in [0.3, 0.4) is 0 Å². The number of rotatable bonds is 2. The van der Waals surface area contributed by atoms with Crippen LogP contribution in [0.5, 0.6) is 0 Å². The Bertz CT molecular complexity index is 749. The molecule has 0 atom stereocenters. The van der Waals surface area contributed by atoms with Crippen LogP contribution in [0.25, 0.3) is 0 Å². The number of hydrogen-bond acceptors (Lipinski definition) is 4. The quantitative estimate of drug-likeness (QED) is 0.340. The molecule has 0 amide bonds. The Morgan fingerprint density at radius 2 is 1.44 bits per heavy atom. The van der Waals surface area contributed by atoms with E-state index in [0.717, 1.165) is 4.47 Å². The van der Waals surface area contributed by atoms with Gasteiger partial charge in [0, 0.05) is 22.9 Å². The molecule has 25 heavy (non-hydrogen) atoms. The maximum absolute atomic E-state index is 10.6. The minimum Gasteiger partial charge on any atom is -0.478 e. The number of aliphatic hydroxyl groups excluding tert-OH is 1. The third-order valence-electron chi connectivity index (χ3n) is 2.68. The van der Waals surface area contributed by atoms with E-state index >= 15 is 0 Å². The fraction of sp³-hybridized carbons (Fsp3) is 0.133. The molecule has 0 aliphatic carbocycles. The number of nitrogens with two attached hydrogens (primary N) is 2. The zero-order valence-corrected chi connectivity index (χ0v) is 16.7. The zero-order valence-electron chi connectivity index (χ0n) is 12.1. The molecule has 135 valence electrons. The van der Waals surface area contributed by atoms with Crippen molar-refractivity contribution in [3.8, 4) is 0 Å². The monoisotopic (exact) mass is 511 g/mol. The average Bonchev–Trinajstić information content (AvgIpc) is 2.47. The maximum Gasteiger partial charge on any atom is 0.337 e. The number of anilines is 2. The molecule has 0 unspecified atom stereocenters. The summed E-state index contributed by atoms with van der Waals surface area (Å²) in [5.41, 5.74) is 12.2. The highest BCUT2D eigenvalue weighted by Crippen LogP contribution is 2.28. The highest BCUT2D eigenvalue weighted by atomic mass is 79.9. The minimum atomic E-state index is -1.09. The van der Waals surface area contributed by atoms with E-state index in [0.29, 0.717) is 20.7 Å². The summed E-state index contributed by atoms with van der Waals surface area (Å²) >= 11 is 17.7. The Labute approximate surface area is 175 Å². The van der Waals surface area contributed by atoms with Crippen molar-refractivity contribution in [3.63, 3.8) is 0 Å². The van der Waals surface area contributed by atoms with Crippen molar-refractivity contribution < 1.29 is 15.0 Å². The lowest BCUT2D eigenvalue weighted by atomic mass is 10.2. The number of aliphatic hydroxyl groups is 1. The molecule has 0 aromatic heterocycles. The smallest absolute Gasteiger partial charge is 0.337 e. The summed E-state index contributed by atoms with van der Waals surface area (Å²) in [6.45, 7) is -0.0923. The topological polar surface area (TPSA) is 110 Å². The SMILES string of the molecule is C.Nc1c(Cl)cc(Br)cc1C(=O)O.Nc1c(Cl)cc(Br)cc1CO.[B]. The molecule has 2 rings (SSSR count). The Kier molecular flexibility index (Phi) is 12.3. The molecule has 0 heterocycles. The molecule has 0 fully saturated rings. The standard InChI is InChI=1S/C7H5BrClNO2.C7H7BrClNO.CH4.B/c8-3-1-4(7(11)12)6(10)5(9)2-3;8-5-1-4(3-11)7(10)6(9)2-5;;/h1-2H,10H2,(H,11,12);1-2,11H,3,10H2;1H4;. The Hall–Kier alpha value is -0.925. The number of hydrogen-bond donors (Lipinski definition) is 4. The Morgan fingerprint density at radius 1 is 1.00 bits per heavy atom. The van der Waals surface area contributed by atoms with Crippen LogP contribution in [0.2, 0.25) is 10.0 Å². The average molecular weight is 514 g/mol. The van der Waals surface area contributed by atoms with Crippen molar-refractivity contribution in [1.29, 1.82) is 0 Å². The zero-order chi connectivity index (χ0) is 17.7. The molecule has 3 radical (unpaired) electrons. The summed E-state index contributed by atoms with van der Waals surface area (Å²) in [6.07, 6.45) is 0. The van der Waals surface area contributed by atoms with Crippen molar-refractivity contribution in [2.24, 2.45) is 0 Å². The van der Waals surface area contributed by atoms with Gasteiger partial charge in [-0.05, 0) is 24.3 Å². The second-order valence-corrected chi connectivity index (χ2v) is 6.92. The van der Waals surface area contributed by atoms with Crippen LogP contribution in [-0.2, 0) is 6.61 Å². The van der Waals surface area contributed by atoms with Gasteiger partial charge in [0.2, 0.25) is 0 Å². The summed E-state index contributed by atoms with van der Waals surface area (Å²) in [6, 6.07) is 6.38. The van der Waals surface area contributed by atoms with Crippen LogP contribution in [0.15, 0.2) is 33.2 Å². The predicted molar refractivity (Wildman–Crippen MR) is 112 cm³/mol. The number of benzene rings is 2. The van der Waals surface area contributed by atoms with E-state index in [4.69, 9.17) is 44.9 Å². The third-order valence-corrected chi connectivity index (χ3v) is 4.22. The highest BCUT2D eigenvalue weighted by Gasteiger charge is 2.11. The van der Waals surface area contributed by atoms with E-state index in [2.05, 4.69) is 31.9 Å². The van der Waals surface area contributed by atoms with Gasteiger partial charge in [-0.3, -0.25) is 0 Å². The van der Waals surface area contributed by atoms with Gasteiger partial charge in [-0.15, -0.1) is 0 Å². The summed E-state index contributed by atoms with van der Waals surface area (Å²) in [5, 5.41) is 18.2. The second-order valence-electron chi connectivity index (χ2n) is 4.27. The van der Waals surface area contributed by atoms with Crippen molar-refractivity contribution in [1.82, 2.24) is 0 Å². The number of carbonyl (C=O) groups is 1. The molecule has 0 bridgehead atoms. The van der Waals surface area contributed by atoms with Gasteiger partial charge >= 0.3 is 5.97 Å². The van der Waals surface area contributed by atoms with Gasteiger partial charge in [0.05, 0.1) is 33.6 Å². The van der Waals surface area contributed by atoms with E-state index in [9.17, 15) is 4.79 Å². The van der Waals surface area contributed by atoms with E-state index in [-0.39, 0.29) is 38.7 Å². The van der Waals surface area contributed by atoms with Crippen molar-refractivity contribution in [2.75, 3.05) is 11.5 Å².